The third kappa shape index (κ3) is 1.70. The Morgan fingerprint density at radius 1 is 1.41 bits per heavy atom. The molecule has 90 valence electrons. The molecule has 2 fully saturated rings. The second-order valence-corrected chi connectivity index (χ2v) is 5.90. The van der Waals surface area contributed by atoms with Gasteiger partial charge in [-0.3, -0.25) is 9.69 Å². The van der Waals surface area contributed by atoms with E-state index in [1.165, 1.54) is 4.90 Å². The van der Waals surface area contributed by atoms with Gasteiger partial charge in [0.25, 0.3) is 5.91 Å². The summed E-state index contributed by atoms with van der Waals surface area (Å²) >= 11 is 4.99. The molecule has 1 aromatic rings. The van der Waals surface area contributed by atoms with Gasteiger partial charge in [0.1, 0.15) is 6.04 Å². The standard InChI is InChI=1S/C11H11BrN2O2S/c12-8-6-17-5-7(8)4-14-10(15)9-2-1-3-13(9)11(14)16/h5-6,9H,1-4H2/t9-/m1/s1. The number of imide groups is 1. The Morgan fingerprint density at radius 2 is 2.24 bits per heavy atom. The van der Waals surface area contributed by atoms with Crippen molar-refractivity contribution in [2.75, 3.05) is 6.54 Å². The number of halogens is 1. The van der Waals surface area contributed by atoms with Crippen molar-refractivity contribution in [1.29, 1.82) is 0 Å². The molecule has 0 aromatic carbocycles. The Morgan fingerprint density at radius 3 is 2.88 bits per heavy atom. The zero-order chi connectivity index (χ0) is 12.0. The number of fused-ring (bicyclic) bond motifs is 1. The molecule has 3 heterocycles. The number of nitrogens with zero attached hydrogens (tertiary/aromatic N) is 2. The molecular formula is C11H11BrN2O2S. The molecule has 2 saturated heterocycles. The fourth-order valence-electron chi connectivity index (χ4n) is 2.42. The Bertz CT molecular complexity index is 466. The van der Waals surface area contributed by atoms with Crippen LogP contribution in [0.4, 0.5) is 4.79 Å². The van der Waals surface area contributed by atoms with Crippen molar-refractivity contribution in [2.24, 2.45) is 0 Å². The lowest BCUT2D eigenvalue weighted by Crippen LogP contribution is -2.32. The number of hydrogen-bond donors (Lipinski definition) is 0. The van der Waals surface area contributed by atoms with Crippen LogP contribution in [0.25, 0.3) is 0 Å². The predicted molar refractivity (Wildman–Crippen MR) is 67.7 cm³/mol. The second-order valence-electron chi connectivity index (χ2n) is 4.30. The molecule has 1 atom stereocenters. The third-order valence-electron chi connectivity index (χ3n) is 3.30. The Kier molecular flexibility index (Phi) is 2.71. The van der Waals surface area contributed by atoms with Gasteiger partial charge in [-0.25, -0.2) is 4.79 Å². The molecule has 6 heteroatoms. The van der Waals surface area contributed by atoms with Gasteiger partial charge in [-0.15, -0.1) is 0 Å². The Balaban J connectivity index is 1.83. The SMILES string of the molecule is O=C1[C@H]2CCCN2C(=O)N1Cc1cscc1Br. The van der Waals surface area contributed by atoms with Crippen LogP contribution >= 0.6 is 27.3 Å². The molecule has 0 spiro atoms. The number of carbonyl (C=O) groups is 2. The molecule has 3 rings (SSSR count). The minimum atomic E-state index is -0.195. The summed E-state index contributed by atoms with van der Waals surface area (Å²) in [4.78, 5) is 27.2. The molecule has 3 amide bonds. The van der Waals surface area contributed by atoms with Crippen LogP contribution in [-0.4, -0.2) is 34.3 Å². The average Bonchev–Trinajstić information content (AvgIpc) is 2.97. The highest BCUT2D eigenvalue weighted by atomic mass is 79.9. The first-order valence-electron chi connectivity index (χ1n) is 5.51. The Hall–Kier alpha value is -0.880. The molecule has 0 bridgehead atoms. The van der Waals surface area contributed by atoms with Crippen molar-refractivity contribution in [1.82, 2.24) is 9.80 Å². The third-order valence-corrected chi connectivity index (χ3v) is 5.13. The summed E-state index contributed by atoms with van der Waals surface area (Å²) in [6.07, 6.45) is 1.75. The lowest BCUT2D eigenvalue weighted by Gasteiger charge is -2.14. The first-order valence-corrected chi connectivity index (χ1v) is 7.24. The molecule has 2 aliphatic rings. The number of carbonyl (C=O) groups excluding carboxylic acids is 2. The van der Waals surface area contributed by atoms with E-state index in [2.05, 4.69) is 15.9 Å². The lowest BCUT2D eigenvalue weighted by atomic mass is 10.2. The Labute approximate surface area is 111 Å². The van der Waals surface area contributed by atoms with Crippen LogP contribution in [0.3, 0.4) is 0 Å². The van der Waals surface area contributed by atoms with Crippen LogP contribution in [0.2, 0.25) is 0 Å². The fourth-order valence-corrected chi connectivity index (χ4v) is 3.84. The maximum Gasteiger partial charge on any atom is 0.327 e. The monoisotopic (exact) mass is 314 g/mol. The minimum absolute atomic E-state index is 0.0365. The topological polar surface area (TPSA) is 40.6 Å². The van der Waals surface area contributed by atoms with Crippen LogP contribution in [0.15, 0.2) is 15.2 Å². The quantitative estimate of drug-likeness (QED) is 0.787. The molecule has 0 aliphatic carbocycles. The largest absolute Gasteiger partial charge is 0.327 e. The van der Waals surface area contributed by atoms with Crippen LogP contribution in [0.1, 0.15) is 18.4 Å². The van der Waals surface area contributed by atoms with Crippen LogP contribution in [0.5, 0.6) is 0 Å². The van der Waals surface area contributed by atoms with E-state index in [1.54, 1.807) is 16.2 Å². The first kappa shape index (κ1) is 11.2. The second kappa shape index (κ2) is 4.10. The van der Waals surface area contributed by atoms with E-state index in [-0.39, 0.29) is 18.0 Å². The molecule has 4 nitrogen and oxygen atoms in total. The van der Waals surface area contributed by atoms with Gasteiger partial charge in [0.2, 0.25) is 0 Å². The maximum atomic E-state index is 12.1. The van der Waals surface area contributed by atoms with Crippen molar-refractivity contribution >= 4 is 39.2 Å². The highest BCUT2D eigenvalue weighted by molar-refractivity contribution is 9.10. The number of urea groups is 1. The molecule has 2 aliphatic heterocycles. The van der Waals surface area contributed by atoms with Gasteiger partial charge in [0.05, 0.1) is 6.54 Å². The van der Waals surface area contributed by atoms with E-state index in [0.29, 0.717) is 6.54 Å². The van der Waals surface area contributed by atoms with Crippen molar-refractivity contribution < 1.29 is 9.59 Å². The van der Waals surface area contributed by atoms with Gasteiger partial charge in [-0.05, 0) is 39.7 Å². The molecule has 17 heavy (non-hydrogen) atoms. The number of amides is 3. The van der Waals surface area contributed by atoms with Crippen LogP contribution < -0.4 is 0 Å². The number of rotatable bonds is 2. The molecular weight excluding hydrogens is 304 g/mol. The van der Waals surface area contributed by atoms with E-state index in [4.69, 9.17) is 0 Å². The van der Waals surface area contributed by atoms with Crippen molar-refractivity contribution in [3.05, 3.63) is 20.8 Å². The zero-order valence-electron chi connectivity index (χ0n) is 9.06. The maximum absolute atomic E-state index is 12.1. The average molecular weight is 315 g/mol. The molecule has 1 aromatic heterocycles. The fraction of sp³-hybridized carbons (Fsp3) is 0.455. The van der Waals surface area contributed by atoms with E-state index in [9.17, 15) is 9.59 Å². The van der Waals surface area contributed by atoms with E-state index in [1.807, 2.05) is 10.8 Å². The van der Waals surface area contributed by atoms with Gasteiger partial charge >= 0.3 is 6.03 Å². The molecule has 0 radical (unpaired) electrons. The summed E-state index contributed by atoms with van der Waals surface area (Å²) < 4.78 is 0.968. The molecule has 0 N–H and O–H groups in total. The van der Waals surface area contributed by atoms with Gasteiger partial charge in [-0.1, -0.05) is 0 Å². The first-order chi connectivity index (χ1) is 8.18. The van der Waals surface area contributed by atoms with E-state index >= 15 is 0 Å². The van der Waals surface area contributed by atoms with Crippen molar-refractivity contribution in [2.45, 2.75) is 25.4 Å². The predicted octanol–water partition coefficient (Wildman–Crippen LogP) is 2.44. The smallest absolute Gasteiger partial charge is 0.312 e. The minimum Gasteiger partial charge on any atom is -0.312 e. The van der Waals surface area contributed by atoms with Crippen molar-refractivity contribution in [3.8, 4) is 0 Å². The summed E-state index contributed by atoms with van der Waals surface area (Å²) in [5.74, 6) is -0.0365. The normalized spacial score (nSPS) is 23.7. The lowest BCUT2D eigenvalue weighted by molar-refractivity contribution is -0.128. The molecule has 0 unspecified atom stereocenters. The van der Waals surface area contributed by atoms with Gasteiger partial charge in [-0.2, -0.15) is 11.3 Å². The summed E-state index contributed by atoms with van der Waals surface area (Å²) in [6.45, 7) is 1.10. The summed E-state index contributed by atoms with van der Waals surface area (Å²) in [6, 6.07) is -0.324. The highest BCUT2D eigenvalue weighted by Gasteiger charge is 2.47. The van der Waals surface area contributed by atoms with E-state index in [0.717, 1.165) is 29.4 Å². The summed E-state index contributed by atoms with van der Waals surface area (Å²) in [5.41, 5.74) is 0.998. The van der Waals surface area contributed by atoms with E-state index < -0.39 is 0 Å². The summed E-state index contributed by atoms with van der Waals surface area (Å²) in [5, 5.41) is 3.93. The highest BCUT2D eigenvalue weighted by Crippen LogP contribution is 2.30. The van der Waals surface area contributed by atoms with Gasteiger partial charge in [0, 0.05) is 16.4 Å². The summed E-state index contributed by atoms with van der Waals surface area (Å²) in [7, 11) is 0. The van der Waals surface area contributed by atoms with Crippen LogP contribution in [-0.2, 0) is 11.3 Å². The molecule has 0 saturated carbocycles. The number of hydrogen-bond acceptors (Lipinski definition) is 3. The zero-order valence-corrected chi connectivity index (χ0v) is 11.5. The van der Waals surface area contributed by atoms with Crippen LogP contribution in [0, 0.1) is 0 Å². The van der Waals surface area contributed by atoms with Gasteiger partial charge < -0.3 is 4.90 Å². The van der Waals surface area contributed by atoms with Crippen molar-refractivity contribution in [3.63, 3.8) is 0 Å². The number of thiophene rings is 1. The van der Waals surface area contributed by atoms with Gasteiger partial charge in [0.15, 0.2) is 0 Å².